The molecule has 4 rings (SSSR count). The molecule has 1 aliphatic heterocycles. The molecule has 2 aromatic heterocycles. The molecular formula is C22H24N4O3S. The summed E-state index contributed by atoms with van der Waals surface area (Å²) >= 11 is 1.56. The smallest absolute Gasteiger partial charge is 0.253 e. The van der Waals surface area contributed by atoms with Crippen molar-refractivity contribution >= 4 is 23.6 Å². The van der Waals surface area contributed by atoms with Gasteiger partial charge in [0.05, 0.1) is 12.8 Å². The van der Waals surface area contributed by atoms with Gasteiger partial charge in [0.15, 0.2) is 5.16 Å². The molecule has 156 valence electrons. The summed E-state index contributed by atoms with van der Waals surface area (Å²) in [6.45, 7) is 1.54. The average Bonchev–Trinajstić information content (AvgIpc) is 3.49. The van der Waals surface area contributed by atoms with Crippen LogP contribution in [0, 0.1) is 5.92 Å². The van der Waals surface area contributed by atoms with Crippen molar-refractivity contribution in [2.75, 3.05) is 19.3 Å². The van der Waals surface area contributed by atoms with E-state index in [9.17, 15) is 9.59 Å². The Morgan fingerprint density at radius 2 is 2.07 bits per heavy atom. The number of carbonyl (C=O) groups excluding carboxylic acids is 2. The van der Waals surface area contributed by atoms with Crippen molar-refractivity contribution in [3.8, 4) is 5.69 Å². The van der Waals surface area contributed by atoms with Gasteiger partial charge >= 0.3 is 0 Å². The lowest BCUT2D eigenvalue weighted by molar-refractivity contribution is -0.126. The summed E-state index contributed by atoms with van der Waals surface area (Å²) in [5, 5.41) is 3.79. The highest BCUT2D eigenvalue weighted by Crippen LogP contribution is 2.22. The molecule has 1 fully saturated rings. The largest absolute Gasteiger partial charge is 0.467 e. The maximum Gasteiger partial charge on any atom is 0.253 e. The van der Waals surface area contributed by atoms with E-state index in [2.05, 4.69) is 10.3 Å². The number of hydrogen-bond donors (Lipinski definition) is 1. The lowest BCUT2D eigenvalue weighted by Crippen LogP contribution is -2.42. The van der Waals surface area contributed by atoms with Crippen LogP contribution in [-0.2, 0) is 11.3 Å². The second-order valence-electron chi connectivity index (χ2n) is 7.20. The van der Waals surface area contributed by atoms with E-state index in [4.69, 9.17) is 4.42 Å². The van der Waals surface area contributed by atoms with Gasteiger partial charge in [0.25, 0.3) is 5.91 Å². The molecule has 0 radical (unpaired) electrons. The molecule has 1 aliphatic rings. The first-order valence-corrected chi connectivity index (χ1v) is 11.2. The first-order valence-electron chi connectivity index (χ1n) is 9.93. The van der Waals surface area contributed by atoms with Gasteiger partial charge in [-0.2, -0.15) is 0 Å². The standard InChI is InChI=1S/C22H24N4O3S/c1-30-22-23-9-12-26(22)18-5-2-4-17(14-18)21(28)25-10-7-16(8-11-25)20(27)24-15-19-6-3-13-29-19/h2-6,9,12-14,16H,7-8,10-11,15H2,1H3,(H,24,27). The van der Waals surface area contributed by atoms with Crippen molar-refractivity contribution < 1.29 is 14.0 Å². The fraction of sp³-hybridized carbons (Fsp3) is 0.318. The zero-order valence-corrected chi connectivity index (χ0v) is 17.6. The van der Waals surface area contributed by atoms with E-state index in [-0.39, 0.29) is 17.7 Å². The number of carbonyl (C=O) groups is 2. The van der Waals surface area contributed by atoms with Crippen LogP contribution in [0.4, 0.5) is 0 Å². The minimum absolute atomic E-state index is 0.00268. The fourth-order valence-electron chi connectivity index (χ4n) is 3.69. The predicted octanol–water partition coefficient (Wildman–Crippen LogP) is 3.36. The minimum atomic E-state index is -0.0783. The quantitative estimate of drug-likeness (QED) is 0.614. The van der Waals surface area contributed by atoms with Crippen molar-refractivity contribution in [3.05, 3.63) is 66.4 Å². The summed E-state index contributed by atoms with van der Waals surface area (Å²) in [5.74, 6) is 0.672. The lowest BCUT2D eigenvalue weighted by Gasteiger charge is -2.31. The highest BCUT2D eigenvalue weighted by Gasteiger charge is 2.28. The zero-order valence-electron chi connectivity index (χ0n) is 16.8. The van der Waals surface area contributed by atoms with E-state index < -0.39 is 0 Å². The second-order valence-corrected chi connectivity index (χ2v) is 7.97. The molecule has 3 aromatic rings. The van der Waals surface area contributed by atoms with Crippen molar-refractivity contribution in [2.45, 2.75) is 24.5 Å². The van der Waals surface area contributed by atoms with Gasteiger partial charge in [-0.3, -0.25) is 14.2 Å². The number of amides is 2. The molecule has 0 unspecified atom stereocenters. The summed E-state index contributed by atoms with van der Waals surface area (Å²) in [7, 11) is 0. The third kappa shape index (κ3) is 4.43. The van der Waals surface area contributed by atoms with Gasteiger partial charge in [-0.25, -0.2) is 4.98 Å². The van der Waals surface area contributed by atoms with E-state index in [0.717, 1.165) is 16.6 Å². The highest BCUT2D eigenvalue weighted by atomic mass is 32.2. The summed E-state index contributed by atoms with van der Waals surface area (Å²) in [4.78, 5) is 31.6. The Bertz CT molecular complexity index is 1010. The number of imidazole rings is 1. The number of rotatable bonds is 6. The summed E-state index contributed by atoms with van der Waals surface area (Å²) in [6.07, 6.45) is 8.53. The maximum absolute atomic E-state index is 13.0. The molecule has 8 heteroatoms. The third-order valence-corrected chi connectivity index (χ3v) is 6.00. The normalized spacial score (nSPS) is 14.6. The molecule has 0 aliphatic carbocycles. The second kappa shape index (κ2) is 9.21. The zero-order chi connectivity index (χ0) is 20.9. The molecule has 2 amide bonds. The molecule has 1 N–H and O–H groups in total. The lowest BCUT2D eigenvalue weighted by atomic mass is 9.95. The van der Waals surface area contributed by atoms with E-state index in [1.807, 2.05) is 52.3 Å². The van der Waals surface area contributed by atoms with E-state index in [1.54, 1.807) is 30.3 Å². The van der Waals surface area contributed by atoms with Crippen LogP contribution in [0.5, 0.6) is 0 Å². The van der Waals surface area contributed by atoms with Gasteiger partial charge in [-0.05, 0) is 49.4 Å². The number of benzene rings is 1. The van der Waals surface area contributed by atoms with Crippen LogP contribution in [-0.4, -0.2) is 45.6 Å². The SMILES string of the molecule is CSc1nccn1-c1cccc(C(=O)N2CCC(C(=O)NCc3ccco3)CC2)c1. The molecule has 0 spiro atoms. The molecule has 0 saturated carbocycles. The highest BCUT2D eigenvalue weighted by molar-refractivity contribution is 7.98. The van der Waals surface area contributed by atoms with E-state index in [1.165, 1.54) is 0 Å². The maximum atomic E-state index is 13.0. The van der Waals surface area contributed by atoms with Crippen LogP contribution in [0.15, 0.2) is 64.6 Å². The number of piperidine rings is 1. The van der Waals surface area contributed by atoms with Gasteiger partial charge in [-0.1, -0.05) is 17.8 Å². The Morgan fingerprint density at radius 1 is 1.23 bits per heavy atom. The van der Waals surface area contributed by atoms with E-state index in [0.29, 0.717) is 38.0 Å². The molecule has 1 saturated heterocycles. The topological polar surface area (TPSA) is 80.4 Å². The minimum Gasteiger partial charge on any atom is -0.467 e. The molecule has 0 bridgehead atoms. The molecular weight excluding hydrogens is 400 g/mol. The van der Waals surface area contributed by atoms with Gasteiger partial charge < -0.3 is 14.6 Å². The first-order chi connectivity index (χ1) is 14.7. The predicted molar refractivity (Wildman–Crippen MR) is 115 cm³/mol. The average molecular weight is 425 g/mol. The number of likely N-dealkylation sites (tertiary alicyclic amines) is 1. The van der Waals surface area contributed by atoms with Crippen molar-refractivity contribution in [3.63, 3.8) is 0 Å². The number of aromatic nitrogens is 2. The van der Waals surface area contributed by atoms with Crippen molar-refractivity contribution in [1.29, 1.82) is 0 Å². The Hall–Kier alpha value is -3.00. The van der Waals surface area contributed by atoms with E-state index >= 15 is 0 Å². The number of nitrogens with one attached hydrogen (secondary N) is 1. The summed E-state index contributed by atoms with van der Waals surface area (Å²) < 4.78 is 7.21. The van der Waals surface area contributed by atoms with Gasteiger partial charge in [0.2, 0.25) is 5.91 Å². The van der Waals surface area contributed by atoms with Crippen LogP contribution >= 0.6 is 11.8 Å². The number of furan rings is 1. The number of nitrogens with zero attached hydrogens (tertiary/aromatic N) is 3. The Balaban J connectivity index is 1.35. The fourth-order valence-corrected chi connectivity index (χ4v) is 4.21. The van der Waals surface area contributed by atoms with Crippen molar-refractivity contribution in [2.24, 2.45) is 5.92 Å². The van der Waals surface area contributed by atoms with Crippen LogP contribution in [0.25, 0.3) is 5.69 Å². The van der Waals surface area contributed by atoms with Crippen LogP contribution in [0.1, 0.15) is 29.0 Å². The molecule has 0 atom stereocenters. The van der Waals surface area contributed by atoms with Crippen molar-refractivity contribution in [1.82, 2.24) is 19.8 Å². The Kier molecular flexibility index (Phi) is 6.23. The molecule has 3 heterocycles. The Labute approximate surface area is 179 Å². The summed E-state index contributed by atoms with van der Waals surface area (Å²) in [6, 6.07) is 11.2. The van der Waals surface area contributed by atoms with Gasteiger partial charge in [0, 0.05) is 42.7 Å². The molecule has 30 heavy (non-hydrogen) atoms. The monoisotopic (exact) mass is 424 g/mol. The van der Waals surface area contributed by atoms with Crippen LogP contribution < -0.4 is 5.32 Å². The summed E-state index contributed by atoms with van der Waals surface area (Å²) in [5.41, 5.74) is 1.56. The van der Waals surface area contributed by atoms with Crippen LogP contribution in [0.2, 0.25) is 0 Å². The Morgan fingerprint density at radius 3 is 2.80 bits per heavy atom. The van der Waals surface area contributed by atoms with Gasteiger partial charge in [0.1, 0.15) is 5.76 Å². The van der Waals surface area contributed by atoms with Gasteiger partial charge in [-0.15, -0.1) is 0 Å². The third-order valence-electron chi connectivity index (χ3n) is 5.33. The first kappa shape index (κ1) is 20.3. The molecule has 7 nitrogen and oxygen atoms in total. The molecule has 1 aromatic carbocycles. The van der Waals surface area contributed by atoms with Crippen LogP contribution in [0.3, 0.4) is 0 Å². The number of hydrogen-bond acceptors (Lipinski definition) is 5. The number of thioether (sulfide) groups is 1.